The van der Waals surface area contributed by atoms with Crippen LogP contribution in [0.5, 0.6) is 0 Å². The van der Waals surface area contributed by atoms with Crippen LogP contribution < -0.4 is 0 Å². The number of hydrogen-bond donors (Lipinski definition) is 0. The van der Waals surface area contributed by atoms with Crippen molar-refractivity contribution in [1.29, 1.82) is 0 Å². The Labute approximate surface area is 122 Å². The summed E-state index contributed by atoms with van der Waals surface area (Å²) in [5, 5.41) is 1.21. The average Bonchev–Trinajstić information content (AvgIpc) is 2.66. The van der Waals surface area contributed by atoms with Crippen LogP contribution in [0.1, 0.15) is 70.6 Å². The second kappa shape index (κ2) is 7.28. The molecule has 0 N–H and O–H groups in total. The molecule has 18 heavy (non-hydrogen) atoms. The minimum Gasteiger partial charge on any atom is -0.303 e. The van der Waals surface area contributed by atoms with Gasteiger partial charge in [-0.1, -0.05) is 60.9 Å². The van der Waals surface area contributed by atoms with E-state index in [1.54, 1.807) is 0 Å². The zero-order valence-electron chi connectivity index (χ0n) is 12.1. The van der Waals surface area contributed by atoms with E-state index in [9.17, 15) is 0 Å². The predicted octanol–water partition coefficient (Wildman–Crippen LogP) is 4.99. The molecule has 0 unspecified atom stereocenters. The van der Waals surface area contributed by atoms with E-state index in [1.807, 2.05) is 0 Å². The maximum Gasteiger partial charge on any atom is 0.0100 e. The van der Waals surface area contributed by atoms with Gasteiger partial charge in [-0.3, -0.25) is 0 Å². The van der Waals surface area contributed by atoms with Crippen LogP contribution in [0.3, 0.4) is 0 Å². The molecule has 2 fully saturated rings. The molecule has 0 radical (unpaired) electrons. The molecule has 2 aliphatic carbocycles. The highest BCUT2D eigenvalue weighted by molar-refractivity contribution is 9.09. The number of nitrogens with zero attached hydrogens (tertiary/aromatic N) is 1. The van der Waals surface area contributed by atoms with Gasteiger partial charge in [0.05, 0.1) is 0 Å². The zero-order valence-corrected chi connectivity index (χ0v) is 13.7. The molecule has 2 heteroatoms. The maximum atomic E-state index is 3.83. The molecule has 0 atom stereocenters. The summed E-state index contributed by atoms with van der Waals surface area (Å²) in [5.41, 5.74) is 0.572. The minimum absolute atomic E-state index is 0.572. The Balaban J connectivity index is 1.90. The quantitative estimate of drug-likeness (QED) is 0.522. The van der Waals surface area contributed by atoms with Gasteiger partial charge in [-0.15, -0.1) is 0 Å². The molecule has 0 heterocycles. The van der Waals surface area contributed by atoms with Crippen LogP contribution in [0, 0.1) is 5.41 Å². The van der Waals surface area contributed by atoms with E-state index >= 15 is 0 Å². The lowest BCUT2D eigenvalue weighted by atomic mass is 9.81. The molecule has 0 amide bonds. The van der Waals surface area contributed by atoms with Gasteiger partial charge in [0.15, 0.2) is 0 Å². The zero-order chi connectivity index (χ0) is 12.8. The minimum atomic E-state index is 0.572. The molecule has 0 aliphatic heterocycles. The molecule has 106 valence electrons. The van der Waals surface area contributed by atoms with Crippen molar-refractivity contribution in [3.63, 3.8) is 0 Å². The Kier molecular flexibility index (Phi) is 6.00. The summed E-state index contributed by atoms with van der Waals surface area (Å²) in [7, 11) is 2.38. The number of rotatable bonds is 4. The van der Waals surface area contributed by atoms with E-state index in [0.29, 0.717) is 5.41 Å². The predicted molar refractivity (Wildman–Crippen MR) is 83.4 cm³/mol. The molecule has 1 nitrogen and oxygen atoms in total. The van der Waals surface area contributed by atoms with Gasteiger partial charge in [-0.05, 0) is 38.1 Å². The molecule has 2 aliphatic rings. The van der Waals surface area contributed by atoms with Crippen LogP contribution >= 0.6 is 15.9 Å². The Morgan fingerprint density at radius 1 is 0.944 bits per heavy atom. The average molecular weight is 316 g/mol. The highest BCUT2D eigenvalue weighted by Gasteiger charge is 2.33. The van der Waals surface area contributed by atoms with Crippen molar-refractivity contribution < 1.29 is 0 Å². The van der Waals surface area contributed by atoms with Gasteiger partial charge >= 0.3 is 0 Å². The van der Waals surface area contributed by atoms with Crippen LogP contribution in [0.2, 0.25) is 0 Å². The first-order valence-corrected chi connectivity index (χ1v) is 9.14. The van der Waals surface area contributed by atoms with Gasteiger partial charge in [-0.25, -0.2) is 0 Å². The number of hydrogen-bond acceptors (Lipinski definition) is 1. The number of alkyl halides is 1. The first-order chi connectivity index (χ1) is 8.76. The lowest BCUT2D eigenvalue weighted by Gasteiger charge is -2.40. The van der Waals surface area contributed by atoms with Crippen LogP contribution in [-0.4, -0.2) is 29.9 Å². The lowest BCUT2D eigenvalue weighted by Crippen LogP contribution is -2.42. The number of halogens is 1. The summed E-state index contributed by atoms with van der Waals surface area (Å²) in [5.74, 6) is 0. The standard InChI is InChI=1S/C16H30BrN/c1-18(15-9-5-4-6-10-15)14-16(13-17)11-7-2-3-8-12-16/h15H,2-14H2,1H3. The normalized spacial score (nSPS) is 26.2. The Hall–Kier alpha value is 0.440. The third kappa shape index (κ3) is 3.96. The molecular formula is C16H30BrN. The molecule has 0 aromatic carbocycles. The summed E-state index contributed by atoms with van der Waals surface area (Å²) in [6.07, 6.45) is 16.0. The largest absolute Gasteiger partial charge is 0.303 e. The molecule has 0 bridgehead atoms. The fraction of sp³-hybridized carbons (Fsp3) is 1.00. The molecule has 0 aromatic heterocycles. The SMILES string of the molecule is CN(CC1(CBr)CCCCCC1)C1CCCCC1. The summed E-state index contributed by atoms with van der Waals surface area (Å²) in [6.45, 7) is 1.32. The third-order valence-electron chi connectivity index (χ3n) is 5.23. The fourth-order valence-corrected chi connectivity index (χ4v) is 4.73. The van der Waals surface area contributed by atoms with E-state index in [2.05, 4.69) is 27.9 Å². The van der Waals surface area contributed by atoms with Gasteiger partial charge < -0.3 is 4.90 Å². The monoisotopic (exact) mass is 315 g/mol. The van der Waals surface area contributed by atoms with Crippen molar-refractivity contribution in [2.45, 2.75) is 76.7 Å². The van der Waals surface area contributed by atoms with E-state index in [-0.39, 0.29) is 0 Å². The highest BCUT2D eigenvalue weighted by atomic mass is 79.9. The van der Waals surface area contributed by atoms with E-state index in [0.717, 1.165) is 6.04 Å². The molecular weight excluding hydrogens is 286 g/mol. The van der Waals surface area contributed by atoms with Crippen molar-refractivity contribution in [2.75, 3.05) is 18.9 Å². The highest BCUT2D eigenvalue weighted by Crippen LogP contribution is 2.38. The van der Waals surface area contributed by atoms with Gasteiger partial charge in [0.25, 0.3) is 0 Å². The first kappa shape index (κ1) is 14.8. The van der Waals surface area contributed by atoms with Crippen LogP contribution in [0.15, 0.2) is 0 Å². The van der Waals surface area contributed by atoms with Crippen molar-refractivity contribution >= 4 is 15.9 Å². The summed E-state index contributed by atoms with van der Waals surface area (Å²) < 4.78 is 0. The van der Waals surface area contributed by atoms with Crippen LogP contribution in [0.4, 0.5) is 0 Å². The topological polar surface area (TPSA) is 3.24 Å². The molecule has 0 saturated heterocycles. The fourth-order valence-electron chi connectivity index (χ4n) is 3.99. The van der Waals surface area contributed by atoms with Crippen LogP contribution in [0.25, 0.3) is 0 Å². The maximum absolute atomic E-state index is 3.83. The second-order valence-corrected chi connectivity index (χ2v) is 7.32. The lowest BCUT2D eigenvalue weighted by molar-refractivity contribution is 0.115. The molecule has 2 rings (SSSR count). The molecule has 0 aromatic rings. The summed E-state index contributed by atoms with van der Waals surface area (Å²) in [6, 6.07) is 0.873. The smallest absolute Gasteiger partial charge is 0.0100 e. The first-order valence-electron chi connectivity index (χ1n) is 8.02. The van der Waals surface area contributed by atoms with Crippen LogP contribution in [-0.2, 0) is 0 Å². The molecule has 0 spiro atoms. The van der Waals surface area contributed by atoms with Crippen molar-refractivity contribution in [2.24, 2.45) is 5.41 Å². The van der Waals surface area contributed by atoms with Crippen molar-refractivity contribution in [3.8, 4) is 0 Å². The van der Waals surface area contributed by atoms with E-state index in [4.69, 9.17) is 0 Å². The van der Waals surface area contributed by atoms with Gasteiger partial charge in [0.1, 0.15) is 0 Å². The summed E-state index contributed by atoms with van der Waals surface area (Å²) in [4.78, 5) is 2.70. The Morgan fingerprint density at radius 2 is 1.50 bits per heavy atom. The van der Waals surface area contributed by atoms with E-state index < -0.39 is 0 Å². The van der Waals surface area contributed by atoms with Crippen molar-refractivity contribution in [3.05, 3.63) is 0 Å². The Morgan fingerprint density at radius 3 is 2.06 bits per heavy atom. The van der Waals surface area contributed by atoms with Crippen molar-refractivity contribution in [1.82, 2.24) is 4.90 Å². The second-order valence-electron chi connectivity index (χ2n) is 6.75. The van der Waals surface area contributed by atoms with Gasteiger partial charge in [-0.2, -0.15) is 0 Å². The third-order valence-corrected chi connectivity index (χ3v) is 6.42. The molecule has 2 saturated carbocycles. The van der Waals surface area contributed by atoms with Gasteiger partial charge in [0.2, 0.25) is 0 Å². The summed E-state index contributed by atoms with van der Waals surface area (Å²) >= 11 is 3.83. The van der Waals surface area contributed by atoms with Gasteiger partial charge in [0, 0.05) is 17.9 Å². The van der Waals surface area contributed by atoms with E-state index in [1.165, 1.54) is 82.5 Å². The Bertz CT molecular complexity index is 227.